The molecule has 9 nitrogen and oxygen atoms in total. The van der Waals surface area contributed by atoms with Crippen LogP contribution in [0, 0.1) is 0 Å². The molecular weight excluding hydrogens is 465 g/mol. The minimum atomic E-state index is -1.03. The summed E-state index contributed by atoms with van der Waals surface area (Å²) in [6.07, 6.45) is 0. The van der Waals surface area contributed by atoms with Crippen molar-refractivity contribution < 1.29 is 14.6 Å². The van der Waals surface area contributed by atoms with Gasteiger partial charge in [-0.15, -0.1) is 0 Å². The molecule has 5 aromatic rings. The van der Waals surface area contributed by atoms with E-state index in [0.29, 0.717) is 35.1 Å². The number of aromatic nitrogens is 4. The molecule has 0 amide bonds. The molecule has 2 heterocycles. The minimum absolute atomic E-state index is 0. The number of methoxy groups -OCH3 is 1. The number of imidazole rings is 1. The molecule has 3 aromatic carbocycles. The summed E-state index contributed by atoms with van der Waals surface area (Å²) in [7, 11) is 1.58. The van der Waals surface area contributed by atoms with Gasteiger partial charge in [-0.1, -0.05) is 30.3 Å². The van der Waals surface area contributed by atoms with Crippen LogP contribution in [0.1, 0.15) is 21.5 Å². The molecule has 10 heteroatoms. The number of para-hydroxylation sites is 2. The molecule has 182 valence electrons. The van der Waals surface area contributed by atoms with Crippen molar-refractivity contribution in [1.82, 2.24) is 19.3 Å². The second-order valence-corrected chi connectivity index (χ2v) is 8.30. The second-order valence-electron chi connectivity index (χ2n) is 8.30. The Morgan fingerprint density at radius 2 is 1.76 bits per heavy atom. The number of fused-ring (bicyclic) bond motifs is 1. The Bertz CT molecular complexity index is 1660. The SMILES string of the molecule is COc1ccc(Cn2c(N)nc3ccccc32)cc1-c1ccc(=O)n(Cc2cccc(C(=O)O)c2)n1.[LiH]. The Morgan fingerprint density at radius 3 is 2.54 bits per heavy atom. The summed E-state index contributed by atoms with van der Waals surface area (Å²) in [5.74, 6) is -0.00427. The molecule has 0 atom stereocenters. The summed E-state index contributed by atoms with van der Waals surface area (Å²) in [5.41, 5.74) is 10.7. The van der Waals surface area contributed by atoms with Crippen LogP contribution in [0.4, 0.5) is 5.95 Å². The normalized spacial score (nSPS) is 10.7. The maximum atomic E-state index is 12.5. The third-order valence-corrected chi connectivity index (χ3v) is 5.94. The standard InChI is InChI=1S/C27H23N5O4.Li.H/c1-36-24-11-9-18(15-31-23-8-3-2-7-22(23)29-27(31)28)14-20(24)21-10-12-25(33)32(30-21)16-17-5-4-6-19(13-17)26(34)35;;/h2-14H,15-16H2,1H3,(H2,28,29)(H,34,35);;. The van der Waals surface area contributed by atoms with Crippen molar-refractivity contribution in [2.75, 3.05) is 12.8 Å². The first-order valence-corrected chi connectivity index (χ1v) is 11.2. The van der Waals surface area contributed by atoms with Crippen molar-refractivity contribution in [2.45, 2.75) is 13.1 Å². The molecule has 0 radical (unpaired) electrons. The van der Waals surface area contributed by atoms with E-state index in [0.717, 1.165) is 16.6 Å². The summed E-state index contributed by atoms with van der Waals surface area (Å²) in [4.78, 5) is 28.3. The van der Waals surface area contributed by atoms with Crippen LogP contribution in [-0.2, 0) is 13.1 Å². The van der Waals surface area contributed by atoms with Crippen molar-refractivity contribution >= 4 is 41.8 Å². The number of ether oxygens (including phenoxy) is 1. The molecule has 2 aromatic heterocycles. The first-order chi connectivity index (χ1) is 17.4. The van der Waals surface area contributed by atoms with Gasteiger partial charge in [0, 0.05) is 11.6 Å². The third kappa shape index (κ3) is 5.28. The van der Waals surface area contributed by atoms with Gasteiger partial charge in [-0.25, -0.2) is 14.5 Å². The first kappa shape index (κ1) is 25.8. The van der Waals surface area contributed by atoms with Crippen LogP contribution >= 0.6 is 0 Å². The number of aromatic carboxylic acids is 1. The predicted molar refractivity (Wildman–Crippen MR) is 143 cm³/mol. The molecular formula is C27H24LiN5O4. The molecule has 5 rings (SSSR count). The number of hydrogen-bond acceptors (Lipinski definition) is 6. The Kier molecular flexibility index (Phi) is 7.48. The van der Waals surface area contributed by atoms with Crippen LogP contribution in [0.2, 0.25) is 0 Å². The molecule has 3 N–H and O–H groups in total. The number of benzene rings is 3. The molecule has 0 saturated heterocycles. The van der Waals surface area contributed by atoms with Gasteiger partial charge in [-0.05, 0) is 53.6 Å². The number of nitrogens with zero attached hydrogens (tertiary/aromatic N) is 4. The topological polar surface area (TPSA) is 125 Å². The van der Waals surface area contributed by atoms with Gasteiger partial charge in [0.25, 0.3) is 5.56 Å². The van der Waals surface area contributed by atoms with Crippen LogP contribution in [0.5, 0.6) is 5.75 Å². The summed E-state index contributed by atoms with van der Waals surface area (Å²) in [6, 6.07) is 23.0. The number of nitrogens with two attached hydrogens (primary N) is 1. The number of carbonyl (C=O) groups is 1. The van der Waals surface area contributed by atoms with Crippen LogP contribution in [-0.4, -0.2) is 56.4 Å². The van der Waals surface area contributed by atoms with Crippen LogP contribution in [0.3, 0.4) is 0 Å². The van der Waals surface area contributed by atoms with E-state index in [4.69, 9.17) is 10.5 Å². The van der Waals surface area contributed by atoms with Gasteiger partial charge in [-0.2, -0.15) is 5.10 Å². The van der Waals surface area contributed by atoms with E-state index in [2.05, 4.69) is 10.1 Å². The summed E-state index contributed by atoms with van der Waals surface area (Å²) in [6.45, 7) is 0.623. The molecule has 37 heavy (non-hydrogen) atoms. The molecule has 0 aliphatic carbocycles. The first-order valence-electron chi connectivity index (χ1n) is 11.2. The van der Waals surface area contributed by atoms with Crippen molar-refractivity contribution in [3.05, 3.63) is 106 Å². The predicted octanol–water partition coefficient (Wildman–Crippen LogP) is 3.00. The summed E-state index contributed by atoms with van der Waals surface area (Å²) in [5, 5.41) is 13.8. The average molecular weight is 489 g/mol. The van der Waals surface area contributed by atoms with Crippen molar-refractivity contribution in [2.24, 2.45) is 0 Å². The summed E-state index contributed by atoms with van der Waals surface area (Å²) >= 11 is 0. The fourth-order valence-electron chi connectivity index (χ4n) is 4.18. The molecule has 0 aliphatic heterocycles. The number of carboxylic acids is 1. The molecule has 0 fully saturated rings. The Balaban J connectivity index is 0.00000320. The van der Waals surface area contributed by atoms with E-state index < -0.39 is 5.97 Å². The van der Waals surface area contributed by atoms with Gasteiger partial charge in [0.05, 0.1) is 42.5 Å². The Labute approximate surface area is 224 Å². The van der Waals surface area contributed by atoms with E-state index in [1.165, 1.54) is 22.9 Å². The number of anilines is 1. The summed E-state index contributed by atoms with van der Waals surface area (Å²) < 4.78 is 8.82. The molecule has 0 saturated carbocycles. The second kappa shape index (κ2) is 10.7. The Morgan fingerprint density at radius 1 is 0.973 bits per heavy atom. The number of carboxylic acid groups (broad SMARTS) is 1. The number of rotatable bonds is 7. The van der Waals surface area contributed by atoms with Gasteiger partial charge in [0.2, 0.25) is 5.95 Å². The fraction of sp³-hybridized carbons (Fsp3) is 0.111. The monoisotopic (exact) mass is 489 g/mol. The maximum absolute atomic E-state index is 12.5. The van der Waals surface area contributed by atoms with Gasteiger partial charge in [0.1, 0.15) is 5.75 Å². The van der Waals surface area contributed by atoms with E-state index >= 15 is 0 Å². The van der Waals surface area contributed by atoms with Gasteiger partial charge in [-0.3, -0.25) is 4.79 Å². The average Bonchev–Trinajstić information content (AvgIpc) is 3.20. The van der Waals surface area contributed by atoms with Gasteiger partial charge in [0.15, 0.2) is 0 Å². The van der Waals surface area contributed by atoms with Gasteiger partial charge < -0.3 is 20.1 Å². The van der Waals surface area contributed by atoms with E-state index in [-0.39, 0.29) is 36.5 Å². The fourth-order valence-corrected chi connectivity index (χ4v) is 4.18. The zero-order valence-electron chi connectivity index (χ0n) is 19.5. The van der Waals surface area contributed by atoms with E-state index in [9.17, 15) is 14.7 Å². The van der Waals surface area contributed by atoms with Crippen LogP contribution in [0.25, 0.3) is 22.3 Å². The Hall–Kier alpha value is -4.32. The van der Waals surface area contributed by atoms with E-state index in [1.807, 2.05) is 47.0 Å². The third-order valence-electron chi connectivity index (χ3n) is 5.94. The quantitative estimate of drug-likeness (QED) is 0.337. The molecule has 0 spiro atoms. The molecule has 0 aliphatic rings. The van der Waals surface area contributed by atoms with Crippen molar-refractivity contribution in [3.63, 3.8) is 0 Å². The van der Waals surface area contributed by atoms with Crippen LogP contribution in [0.15, 0.2) is 83.7 Å². The molecule has 0 unspecified atom stereocenters. The number of hydrogen-bond donors (Lipinski definition) is 2. The van der Waals surface area contributed by atoms with Gasteiger partial charge >= 0.3 is 24.8 Å². The van der Waals surface area contributed by atoms with E-state index in [1.54, 1.807) is 25.3 Å². The molecule has 0 bridgehead atoms. The number of nitrogen functional groups attached to an aromatic ring is 1. The van der Waals surface area contributed by atoms with Crippen molar-refractivity contribution in [1.29, 1.82) is 0 Å². The van der Waals surface area contributed by atoms with Crippen LogP contribution < -0.4 is 16.0 Å². The van der Waals surface area contributed by atoms with Crippen molar-refractivity contribution in [3.8, 4) is 17.0 Å². The zero-order chi connectivity index (χ0) is 25.2. The zero-order valence-corrected chi connectivity index (χ0v) is 19.5.